The maximum Gasteiger partial charge on any atom is 0.123 e. The molecule has 1 aliphatic carbocycles. The molecule has 2 rings (SSSR count). The summed E-state index contributed by atoms with van der Waals surface area (Å²) in [5.74, 6) is 1.95. The van der Waals surface area contributed by atoms with Crippen molar-refractivity contribution in [1.29, 1.82) is 0 Å². The van der Waals surface area contributed by atoms with Crippen molar-refractivity contribution in [3.63, 3.8) is 0 Å². The first kappa shape index (κ1) is 13.9. The van der Waals surface area contributed by atoms with Crippen LogP contribution in [0.3, 0.4) is 0 Å². The van der Waals surface area contributed by atoms with Crippen LogP contribution in [0.4, 0.5) is 0 Å². The molecule has 3 heteroatoms. The van der Waals surface area contributed by atoms with Crippen LogP contribution in [0.25, 0.3) is 0 Å². The third-order valence-corrected chi connectivity index (χ3v) is 3.70. The minimum atomic E-state index is 0.489. The van der Waals surface area contributed by atoms with E-state index in [0.717, 1.165) is 29.3 Å². The molecule has 1 saturated carbocycles. The quantitative estimate of drug-likeness (QED) is 0.817. The number of hydrogen-bond donors (Lipinski definition) is 1. The van der Waals surface area contributed by atoms with E-state index in [4.69, 9.17) is 4.74 Å². The van der Waals surface area contributed by atoms with Gasteiger partial charge in [-0.15, -0.1) is 0 Å². The maximum absolute atomic E-state index is 5.91. The van der Waals surface area contributed by atoms with Crippen LogP contribution >= 0.6 is 15.9 Å². The summed E-state index contributed by atoms with van der Waals surface area (Å²) in [6, 6.07) is 6.74. The minimum Gasteiger partial charge on any atom is -0.493 e. The Morgan fingerprint density at radius 2 is 2.17 bits per heavy atom. The molecule has 0 spiro atoms. The zero-order valence-electron chi connectivity index (χ0n) is 11.2. The van der Waals surface area contributed by atoms with Crippen LogP contribution in [-0.4, -0.2) is 12.6 Å². The highest BCUT2D eigenvalue weighted by atomic mass is 79.9. The van der Waals surface area contributed by atoms with Crippen LogP contribution in [0.1, 0.15) is 38.7 Å². The van der Waals surface area contributed by atoms with Crippen molar-refractivity contribution in [3.05, 3.63) is 28.2 Å². The number of ether oxygens (including phenoxy) is 1. The molecule has 0 heterocycles. The summed E-state index contributed by atoms with van der Waals surface area (Å²) in [6.07, 6.45) is 3.99. The Kier molecular flexibility index (Phi) is 5.07. The number of benzene rings is 1. The number of nitrogens with one attached hydrogen (secondary N) is 1. The molecule has 0 aromatic heterocycles. The lowest BCUT2D eigenvalue weighted by molar-refractivity contribution is 0.298. The topological polar surface area (TPSA) is 21.3 Å². The van der Waals surface area contributed by atoms with E-state index in [0.29, 0.717) is 6.04 Å². The van der Waals surface area contributed by atoms with Gasteiger partial charge in [0.05, 0.1) is 6.61 Å². The van der Waals surface area contributed by atoms with E-state index < -0.39 is 0 Å². The maximum atomic E-state index is 5.91. The highest BCUT2D eigenvalue weighted by molar-refractivity contribution is 9.10. The van der Waals surface area contributed by atoms with E-state index in [1.54, 1.807) is 0 Å². The molecular formula is C15H22BrNO. The van der Waals surface area contributed by atoms with Gasteiger partial charge in [-0.25, -0.2) is 0 Å². The molecule has 18 heavy (non-hydrogen) atoms. The molecule has 1 aromatic rings. The highest BCUT2D eigenvalue weighted by Crippen LogP contribution is 2.32. The molecule has 1 aliphatic rings. The largest absolute Gasteiger partial charge is 0.493 e. The van der Waals surface area contributed by atoms with Crippen molar-refractivity contribution in [2.75, 3.05) is 6.61 Å². The van der Waals surface area contributed by atoms with Crippen LogP contribution in [-0.2, 0) is 6.54 Å². The number of rotatable bonds is 7. The van der Waals surface area contributed by atoms with Gasteiger partial charge in [0.25, 0.3) is 0 Å². The average Bonchev–Trinajstić information content (AvgIpc) is 3.13. The van der Waals surface area contributed by atoms with Crippen LogP contribution < -0.4 is 10.1 Å². The van der Waals surface area contributed by atoms with E-state index in [9.17, 15) is 0 Å². The molecule has 1 N–H and O–H groups in total. The van der Waals surface area contributed by atoms with Crippen LogP contribution in [0.5, 0.6) is 5.75 Å². The number of hydrogen-bond acceptors (Lipinski definition) is 2. The van der Waals surface area contributed by atoms with Crippen LogP contribution in [0.2, 0.25) is 0 Å². The monoisotopic (exact) mass is 311 g/mol. The Bertz CT molecular complexity index is 388. The van der Waals surface area contributed by atoms with Gasteiger partial charge in [-0.05, 0) is 30.5 Å². The first-order valence-corrected chi connectivity index (χ1v) is 7.59. The molecule has 0 unspecified atom stereocenters. The van der Waals surface area contributed by atoms with E-state index in [2.05, 4.69) is 47.2 Å². The lowest BCUT2D eigenvalue weighted by Gasteiger charge is -2.14. The van der Waals surface area contributed by atoms with Gasteiger partial charge in [0.15, 0.2) is 0 Å². The van der Waals surface area contributed by atoms with Crippen molar-refractivity contribution < 1.29 is 4.74 Å². The Labute approximate surface area is 118 Å². The lowest BCUT2D eigenvalue weighted by Crippen LogP contribution is -2.22. The molecule has 0 radical (unpaired) electrons. The Morgan fingerprint density at radius 3 is 2.83 bits per heavy atom. The SMILES string of the molecule is CC(C)NCc1cc(Br)ccc1OCCC1CC1. The fourth-order valence-electron chi connectivity index (χ4n) is 1.88. The second kappa shape index (κ2) is 6.58. The third kappa shape index (κ3) is 4.62. The molecular weight excluding hydrogens is 290 g/mol. The first-order chi connectivity index (χ1) is 8.65. The second-order valence-corrected chi connectivity index (χ2v) is 6.28. The smallest absolute Gasteiger partial charge is 0.123 e. The van der Waals surface area contributed by atoms with Gasteiger partial charge in [0.2, 0.25) is 0 Å². The summed E-state index contributed by atoms with van der Waals surface area (Å²) in [7, 11) is 0. The van der Waals surface area contributed by atoms with Gasteiger partial charge in [-0.2, -0.15) is 0 Å². The van der Waals surface area contributed by atoms with Crippen molar-refractivity contribution in [3.8, 4) is 5.75 Å². The summed E-state index contributed by atoms with van der Waals surface area (Å²) in [4.78, 5) is 0. The van der Waals surface area contributed by atoms with Crippen molar-refractivity contribution in [1.82, 2.24) is 5.32 Å². The Morgan fingerprint density at radius 1 is 1.39 bits per heavy atom. The summed E-state index contributed by atoms with van der Waals surface area (Å²) in [5.41, 5.74) is 1.23. The zero-order valence-corrected chi connectivity index (χ0v) is 12.8. The Balaban J connectivity index is 1.92. The fraction of sp³-hybridized carbons (Fsp3) is 0.600. The molecule has 0 saturated heterocycles. The predicted molar refractivity (Wildman–Crippen MR) is 79.0 cm³/mol. The highest BCUT2D eigenvalue weighted by Gasteiger charge is 2.20. The van der Waals surface area contributed by atoms with Gasteiger partial charge in [0.1, 0.15) is 5.75 Å². The molecule has 0 atom stereocenters. The molecule has 0 amide bonds. The van der Waals surface area contributed by atoms with Gasteiger partial charge < -0.3 is 10.1 Å². The number of halogens is 1. The average molecular weight is 312 g/mol. The molecule has 1 aromatic carbocycles. The normalized spacial score (nSPS) is 15.1. The molecule has 1 fully saturated rings. The molecule has 2 nitrogen and oxygen atoms in total. The lowest BCUT2D eigenvalue weighted by atomic mass is 10.2. The summed E-state index contributed by atoms with van der Waals surface area (Å²) in [6.45, 7) is 6.02. The summed E-state index contributed by atoms with van der Waals surface area (Å²) in [5, 5.41) is 3.44. The van der Waals surface area contributed by atoms with Gasteiger partial charge in [-0.1, -0.05) is 42.6 Å². The molecule has 0 bridgehead atoms. The van der Waals surface area contributed by atoms with Gasteiger partial charge >= 0.3 is 0 Å². The summed E-state index contributed by atoms with van der Waals surface area (Å²) >= 11 is 3.52. The predicted octanol–water partition coefficient (Wildman–Crippen LogP) is 4.13. The van der Waals surface area contributed by atoms with E-state index >= 15 is 0 Å². The molecule has 100 valence electrons. The van der Waals surface area contributed by atoms with Gasteiger partial charge in [-0.3, -0.25) is 0 Å². The first-order valence-electron chi connectivity index (χ1n) is 6.80. The second-order valence-electron chi connectivity index (χ2n) is 5.37. The standard InChI is InChI=1S/C15H22BrNO/c1-11(2)17-10-13-9-14(16)5-6-15(13)18-8-7-12-3-4-12/h5-6,9,11-12,17H,3-4,7-8,10H2,1-2H3. The minimum absolute atomic E-state index is 0.489. The van der Waals surface area contributed by atoms with Crippen LogP contribution in [0, 0.1) is 5.92 Å². The van der Waals surface area contributed by atoms with E-state index in [1.807, 2.05) is 6.07 Å². The molecule has 0 aliphatic heterocycles. The summed E-state index contributed by atoms with van der Waals surface area (Å²) < 4.78 is 7.02. The van der Waals surface area contributed by atoms with E-state index in [-0.39, 0.29) is 0 Å². The van der Waals surface area contributed by atoms with Crippen molar-refractivity contribution in [2.45, 2.75) is 45.7 Å². The van der Waals surface area contributed by atoms with Gasteiger partial charge in [0, 0.05) is 22.6 Å². The van der Waals surface area contributed by atoms with Crippen LogP contribution in [0.15, 0.2) is 22.7 Å². The van der Waals surface area contributed by atoms with E-state index in [1.165, 1.54) is 24.8 Å². The third-order valence-electron chi connectivity index (χ3n) is 3.20. The van der Waals surface area contributed by atoms with Crippen molar-refractivity contribution >= 4 is 15.9 Å². The Hall–Kier alpha value is -0.540. The van der Waals surface area contributed by atoms with Crippen molar-refractivity contribution in [2.24, 2.45) is 5.92 Å². The zero-order chi connectivity index (χ0) is 13.0. The fourth-order valence-corrected chi connectivity index (χ4v) is 2.29.